The fraction of sp³-hybridized carbons (Fsp3) is 0.600. The summed E-state index contributed by atoms with van der Waals surface area (Å²) >= 11 is 0. The van der Waals surface area contributed by atoms with Gasteiger partial charge in [-0.3, -0.25) is 10.1 Å². The van der Waals surface area contributed by atoms with Crippen LogP contribution in [0.3, 0.4) is 0 Å². The number of nitrogens with zero attached hydrogens (tertiary/aromatic N) is 1. The van der Waals surface area contributed by atoms with Crippen LogP contribution in [0.15, 0.2) is 18.2 Å². The number of hydrogen-bond donors (Lipinski definition) is 1. The molecule has 0 spiro atoms. The Balaban J connectivity index is 2.01. The number of rotatable bonds is 4. The Morgan fingerprint density at radius 2 is 2.25 bits per heavy atom. The van der Waals surface area contributed by atoms with E-state index in [-0.39, 0.29) is 0 Å². The minimum Gasteiger partial charge on any atom is -0.310 e. The quantitative estimate of drug-likeness (QED) is 0.674. The van der Waals surface area contributed by atoms with Crippen LogP contribution in [0.2, 0.25) is 0 Å². The van der Waals surface area contributed by atoms with Gasteiger partial charge in [0.15, 0.2) is 0 Å². The van der Waals surface area contributed by atoms with Gasteiger partial charge in [0, 0.05) is 24.2 Å². The van der Waals surface area contributed by atoms with Gasteiger partial charge in [-0.25, -0.2) is 0 Å². The summed E-state index contributed by atoms with van der Waals surface area (Å²) in [4.78, 5) is 10.0. The highest BCUT2D eigenvalue weighted by Crippen LogP contribution is 2.35. The Labute approximate surface area is 118 Å². The zero-order valence-corrected chi connectivity index (χ0v) is 12.0. The highest BCUT2D eigenvalue weighted by molar-refractivity contribution is 5.36. The molecule has 20 heavy (non-hydrogen) atoms. The van der Waals surface area contributed by atoms with Crippen molar-refractivity contribution in [2.75, 3.05) is 0 Å². The molecule has 0 radical (unpaired) electrons. The lowest BCUT2D eigenvalue weighted by atomic mass is 9.75. The third kappa shape index (κ3) is 3.54. The van der Waals surface area contributed by atoms with Crippen molar-refractivity contribution in [1.82, 2.24) is 5.32 Å². The Kier molecular flexibility index (Phi) is 4.38. The van der Waals surface area contributed by atoms with Crippen molar-refractivity contribution >= 4 is 5.69 Å². The summed E-state index contributed by atoms with van der Waals surface area (Å²) in [7, 11) is 0. The van der Waals surface area contributed by atoms with Gasteiger partial charge in [0.1, 0.15) is 0 Å². The Hall–Kier alpha value is -1.49. The minimum absolute atomic E-state index is 0.317. The standard InChI is InChI=1S/C15H21FN2O2/c1-15(2)8-4-6-12(9-15)17-10-11-5-3-7-13(14(11)16)18(19)20/h3,5,7,12,17H,4,6,8-10H2,1-2H3. The van der Waals surface area contributed by atoms with Crippen LogP contribution in [0.1, 0.15) is 45.1 Å². The fourth-order valence-corrected chi connectivity index (χ4v) is 2.97. The van der Waals surface area contributed by atoms with E-state index in [2.05, 4.69) is 19.2 Å². The number of nitro benzene ring substituents is 1. The molecule has 1 aliphatic rings. The first kappa shape index (κ1) is 14.9. The number of hydrogen-bond acceptors (Lipinski definition) is 3. The second-order valence-corrected chi connectivity index (χ2v) is 6.35. The summed E-state index contributed by atoms with van der Waals surface area (Å²) in [6.07, 6.45) is 4.53. The Bertz CT molecular complexity index is 503. The van der Waals surface area contributed by atoms with Crippen molar-refractivity contribution in [3.05, 3.63) is 39.7 Å². The molecule has 110 valence electrons. The van der Waals surface area contributed by atoms with Gasteiger partial charge >= 0.3 is 5.69 Å². The molecule has 1 aromatic rings. The summed E-state index contributed by atoms with van der Waals surface area (Å²) in [6, 6.07) is 4.69. The molecule has 0 bridgehead atoms. The summed E-state index contributed by atoms with van der Waals surface area (Å²) in [5.41, 5.74) is 0.229. The normalized spacial score (nSPS) is 21.6. The molecule has 1 unspecified atom stereocenters. The maximum absolute atomic E-state index is 13.9. The molecule has 0 heterocycles. The second kappa shape index (κ2) is 5.87. The molecule has 0 amide bonds. The first-order chi connectivity index (χ1) is 9.39. The van der Waals surface area contributed by atoms with E-state index in [0.717, 1.165) is 12.8 Å². The Morgan fingerprint density at radius 3 is 2.90 bits per heavy atom. The van der Waals surface area contributed by atoms with Crippen LogP contribution < -0.4 is 5.32 Å². The predicted molar refractivity (Wildman–Crippen MR) is 75.9 cm³/mol. The number of nitro groups is 1. The number of halogens is 1. The summed E-state index contributed by atoms with van der Waals surface area (Å²) < 4.78 is 13.9. The summed E-state index contributed by atoms with van der Waals surface area (Å²) in [5, 5.41) is 14.0. The van der Waals surface area contributed by atoms with Crippen LogP contribution in [0, 0.1) is 21.3 Å². The first-order valence-corrected chi connectivity index (χ1v) is 7.04. The molecule has 1 atom stereocenters. The molecule has 1 aromatic carbocycles. The van der Waals surface area contributed by atoms with E-state index < -0.39 is 16.4 Å². The van der Waals surface area contributed by atoms with E-state index in [0.29, 0.717) is 23.6 Å². The van der Waals surface area contributed by atoms with Crippen LogP contribution in [0.4, 0.5) is 10.1 Å². The van der Waals surface area contributed by atoms with Gasteiger partial charge in [-0.05, 0) is 24.7 Å². The van der Waals surface area contributed by atoms with E-state index in [4.69, 9.17) is 0 Å². The van der Waals surface area contributed by atoms with Crippen LogP contribution in [0.25, 0.3) is 0 Å². The summed E-state index contributed by atoms with van der Waals surface area (Å²) in [5.74, 6) is -0.722. The average Bonchev–Trinajstić information content (AvgIpc) is 2.36. The van der Waals surface area contributed by atoms with Crippen molar-refractivity contribution in [2.24, 2.45) is 5.41 Å². The average molecular weight is 280 g/mol. The maximum atomic E-state index is 13.9. The molecule has 1 aliphatic carbocycles. The minimum atomic E-state index is -0.722. The lowest BCUT2D eigenvalue weighted by Gasteiger charge is -2.35. The van der Waals surface area contributed by atoms with Crippen molar-refractivity contribution in [3.63, 3.8) is 0 Å². The van der Waals surface area contributed by atoms with Gasteiger partial charge in [-0.2, -0.15) is 4.39 Å². The van der Waals surface area contributed by atoms with Gasteiger partial charge in [-0.1, -0.05) is 32.4 Å². The third-order valence-electron chi connectivity index (χ3n) is 4.04. The van der Waals surface area contributed by atoms with Crippen LogP contribution in [-0.2, 0) is 6.54 Å². The van der Waals surface area contributed by atoms with Crippen LogP contribution >= 0.6 is 0 Å². The predicted octanol–water partition coefficient (Wildman–Crippen LogP) is 3.79. The van der Waals surface area contributed by atoms with Gasteiger partial charge in [0.2, 0.25) is 5.82 Å². The maximum Gasteiger partial charge on any atom is 0.305 e. The SMILES string of the molecule is CC1(C)CCCC(NCc2cccc([N+](=O)[O-])c2F)C1. The molecular formula is C15H21FN2O2. The second-order valence-electron chi connectivity index (χ2n) is 6.35. The van der Waals surface area contributed by atoms with Gasteiger partial charge in [0.25, 0.3) is 0 Å². The van der Waals surface area contributed by atoms with Crippen molar-refractivity contribution in [2.45, 2.75) is 52.1 Å². The van der Waals surface area contributed by atoms with Gasteiger partial charge in [0.05, 0.1) is 4.92 Å². The molecule has 0 aromatic heterocycles. The molecule has 1 N–H and O–H groups in total. The van der Waals surface area contributed by atoms with E-state index in [9.17, 15) is 14.5 Å². The molecule has 2 rings (SSSR count). The lowest BCUT2D eigenvalue weighted by molar-refractivity contribution is -0.387. The zero-order chi connectivity index (χ0) is 14.8. The largest absolute Gasteiger partial charge is 0.310 e. The highest BCUT2D eigenvalue weighted by atomic mass is 19.1. The van der Waals surface area contributed by atoms with Crippen LogP contribution in [-0.4, -0.2) is 11.0 Å². The molecule has 5 heteroatoms. The Morgan fingerprint density at radius 1 is 1.50 bits per heavy atom. The highest BCUT2D eigenvalue weighted by Gasteiger charge is 2.28. The molecule has 0 saturated heterocycles. The topological polar surface area (TPSA) is 55.2 Å². The fourth-order valence-electron chi connectivity index (χ4n) is 2.97. The molecular weight excluding hydrogens is 259 g/mol. The van der Waals surface area contributed by atoms with Crippen molar-refractivity contribution < 1.29 is 9.31 Å². The molecule has 1 saturated carbocycles. The van der Waals surface area contributed by atoms with Crippen LogP contribution in [0.5, 0.6) is 0 Å². The van der Waals surface area contributed by atoms with E-state index in [1.54, 1.807) is 6.07 Å². The van der Waals surface area contributed by atoms with Gasteiger partial charge < -0.3 is 5.32 Å². The molecule has 4 nitrogen and oxygen atoms in total. The van der Waals surface area contributed by atoms with E-state index in [1.807, 2.05) is 0 Å². The summed E-state index contributed by atoms with van der Waals surface area (Å²) in [6.45, 7) is 4.83. The van der Waals surface area contributed by atoms with Crippen molar-refractivity contribution in [3.8, 4) is 0 Å². The van der Waals surface area contributed by atoms with Gasteiger partial charge in [-0.15, -0.1) is 0 Å². The number of benzene rings is 1. The van der Waals surface area contributed by atoms with E-state index >= 15 is 0 Å². The number of nitrogens with one attached hydrogen (secondary N) is 1. The monoisotopic (exact) mass is 280 g/mol. The smallest absolute Gasteiger partial charge is 0.305 e. The van der Waals surface area contributed by atoms with E-state index in [1.165, 1.54) is 25.0 Å². The third-order valence-corrected chi connectivity index (χ3v) is 4.04. The molecule has 1 fully saturated rings. The molecule has 0 aliphatic heterocycles. The van der Waals surface area contributed by atoms with Crippen molar-refractivity contribution in [1.29, 1.82) is 0 Å². The lowest BCUT2D eigenvalue weighted by Crippen LogP contribution is -2.37. The first-order valence-electron chi connectivity index (χ1n) is 7.04. The zero-order valence-electron chi connectivity index (χ0n) is 12.0.